The zero-order valence-corrected chi connectivity index (χ0v) is 8.54. The Hall–Kier alpha value is -0.960. The molecular weight excluding hydrogens is 162 g/mol. The van der Waals surface area contributed by atoms with E-state index in [9.17, 15) is 0 Å². The highest BCUT2D eigenvalue weighted by molar-refractivity contribution is 5.08. The van der Waals surface area contributed by atoms with Crippen LogP contribution in [0.2, 0.25) is 0 Å². The Balaban J connectivity index is 2.77. The molecule has 1 rings (SSSR count). The van der Waals surface area contributed by atoms with Crippen LogP contribution in [0.3, 0.4) is 0 Å². The molecule has 0 fully saturated rings. The molecule has 0 saturated heterocycles. The van der Waals surface area contributed by atoms with Crippen LogP contribution in [0.4, 0.5) is 0 Å². The van der Waals surface area contributed by atoms with Crippen molar-refractivity contribution in [3.8, 4) is 0 Å². The zero-order chi connectivity index (χ0) is 9.84. The minimum Gasteiger partial charge on any atom is -0.330 e. The molecule has 0 aliphatic rings. The third-order valence-corrected chi connectivity index (χ3v) is 1.96. The molecule has 0 aliphatic carbocycles. The van der Waals surface area contributed by atoms with Gasteiger partial charge in [0.1, 0.15) is 5.82 Å². The molecule has 0 aliphatic heterocycles. The Labute approximate surface area is 79.4 Å². The summed E-state index contributed by atoms with van der Waals surface area (Å²) >= 11 is 0. The highest BCUT2D eigenvalue weighted by atomic mass is 14.9. The maximum absolute atomic E-state index is 5.54. The molecular formula is C10H17N3. The number of aryl methyl sites for hydroxylation is 2. The first-order chi connectivity index (χ1) is 6.11. The van der Waals surface area contributed by atoms with Gasteiger partial charge in [-0.05, 0) is 32.4 Å². The monoisotopic (exact) mass is 179 g/mol. The molecule has 2 N–H and O–H groups in total. The summed E-state index contributed by atoms with van der Waals surface area (Å²) in [7, 11) is 0. The van der Waals surface area contributed by atoms with Gasteiger partial charge >= 0.3 is 0 Å². The summed E-state index contributed by atoms with van der Waals surface area (Å²) in [6.07, 6.45) is 0.874. The number of nitrogens with zero attached hydrogens (tertiary/aromatic N) is 2. The lowest BCUT2D eigenvalue weighted by molar-refractivity contribution is 0.571. The van der Waals surface area contributed by atoms with Gasteiger partial charge in [0, 0.05) is 17.8 Å². The predicted octanol–water partition coefficient (Wildman–Crippen LogP) is 1.23. The van der Waals surface area contributed by atoms with Crippen LogP contribution in [0.5, 0.6) is 0 Å². The van der Waals surface area contributed by atoms with Crippen LogP contribution in [0.25, 0.3) is 0 Å². The van der Waals surface area contributed by atoms with Crippen molar-refractivity contribution in [2.75, 3.05) is 6.54 Å². The first kappa shape index (κ1) is 10.1. The maximum Gasteiger partial charge on any atom is 0.129 e. The summed E-state index contributed by atoms with van der Waals surface area (Å²) in [4.78, 5) is 8.71. The highest BCUT2D eigenvalue weighted by Crippen LogP contribution is 2.04. The van der Waals surface area contributed by atoms with Crippen molar-refractivity contribution < 1.29 is 0 Å². The van der Waals surface area contributed by atoms with Crippen molar-refractivity contribution in [1.29, 1.82) is 0 Å². The molecule has 1 unspecified atom stereocenters. The molecule has 0 aromatic carbocycles. The third kappa shape index (κ3) is 3.11. The normalized spacial score (nSPS) is 12.9. The molecule has 3 nitrogen and oxygen atoms in total. The second kappa shape index (κ2) is 4.33. The Morgan fingerprint density at radius 3 is 2.31 bits per heavy atom. The van der Waals surface area contributed by atoms with E-state index < -0.39 is 0 Å². The minimum absolute atomic E-state index is 0.459. The summed E-state index contributed by atoms with van der Waals surface area (Å²) < 4.78 is 0. The average molecular weight is 179 g/mol. The smallest absolute Gasteiger partial charge is 0.129 e. The Bertz CT molecular complexity index is 263. The average Bonchev–Trinajstić information content (AvgIpc) is 2.02. The fourth-order valence-electron chi connectivity index (χ4n) is 1.29. The molecule has 3 heteroatoms. The topological polar surface area (TPSA) is 51.8 Å². The molecule has 13 heavy (non-hydrogen) atoms. The second-order valence-electron chi connectivity index (χ2n) is 3.61. The molecule has 0 bridgehead atoms. The summed E-state index contributed by atoms with van der Waals surface area (Å²) in [5, 5.41) is 0. The lowest BCUT2D eigenvalue weighted by Crippen LogP contribution is -2.15. The van der Waals surface area contributed by atoms with Gasteiger partial charge in [-0.2, -0.15) is 0 Å². The Kier molecular flexibility index (Phi) is 3.37. The largest absolute Gasteiger partial charge is 0.330 e. The lowest BCUT2D eigenvalue weighted by Gasteiger charge is -2.07. The Morgan fingerprint density at radius 2 is 1.85 bits per heavy atom. The van der Waals surface area contributed by atoms with Crippen LogP contribution in [-0.2, 0) is 6.42 Å². The molecule has 0 amide bonds. The van der Waals surface area contributed by atoms with E-state index in [2.05, 4.69) is 16.9 Å². The standard InChI is InChI=1S/C10H17N3/c1-7(6-11)4-10-12-8(2)5-9(3)13-10/h5,7H,4,6,11H2,1-3H3. The second-order valence-corrected chi connectivity index (χ2v) is 3.61. The first-order valence-electron chi connectivity index (χ1n) is 4.63. The fourth-order valence-corrected chi connectivity index (χ4v) is 1.29. The van der Waals surface area contributed by atoms with Gasteiger partial charge in [0.2, 0.25) is 0 Å². The van der Waals surface area contributed by atoms with Crippen molar-refractivity contribution in [1.82, 2.24) is 9.97 Å². The van der Waals surface area contributed by atoms with Crippen LogP contribution >= 0.6 is 0 Å². The molecule has 0 radical (unpaired) electrons. The first-order valence-corrected chi connectivity index (χ1v) is 4.63. The van der Waals surface area contributed by atoms with Crippen LogP contribution < -0.4 is 5.73 Å². The highest BCUT2D eigenvalue weighted by Gasteiger charge is 2.04. The van der Waals surface area contributed by atoms with Gasteiger partial charge in [-0.1, -0.05) is 6.92 Å². The van der Waals surface area contributed by atoms with Gasteiger partial charge in [0.15, 0.2) is 0 Å². The van der Waals surface area contributed by atoms with E-state index >= 15 is 0 Å². The van der Waals surface area contributed by atoms with Crippen molar-refractivity contribution in [2.45, 2.75) is 27.2 Å². The fraction of sp³-hybridized carbons (Fsp3) is 0.600. The number of rotatable bonds is 3. The molecule has 1 atom stereocenters. The van der Waals surface area contributed by atoms with E-state index in [0.29, 0.717) is 12.5 Å². The number of hydrogen-bond acceptors (Lipinski definition) is 3. The summed E-state index contributed by atoms with van der Waals surface area (Å²) in [5.41, 5.74) is 7.61. The van der Waals surface area contributed by atoms with Crippen LogP contribution in [0, 0.1) is 19.8 Å². The summed E-state index contributed by atoms with van der Waals surface area (Å²) in [6.45, 7) is 6.79. The quantitative estimate of drug-likeness (QED) is 0.759. The Morgan fingerprint density at radius 1 is 1.31 bits per heavy atom. The van der Waals surface area contributed by atoms with Gasteiger partial charge < -0.3 is 5.73 Å². The number of nitrogens with two attached hydrogens (primary N) is 1. The zero-order valence-electron chi connectivity index (χ0n) is 8.54. The van der Waals surface area contributed by atoms with E-state index in [1.54, 1.807) is 0 Å². The van der Waals surface area contributed by atoms with E-state index in [4.69, 9.17) is 5.73 Å². The molecule has 1 aromatic rings. The van der Waals surface area contributed by atoms with E-state index in [1.165, 1.54) is 0 Å². The van der Waals surface area contributed by atoms with Crippen molar-refractivity contribution in [3.63, 3.8) is 0 Å². The van der Waals surface area contributed by atoms with Crippen molar-refractivity contribution >= 4 is 0 Å². The summed E-state index contributed by atoms with van der Waals surface area (Å²) in [5.74, 6) is 1.37. The molecule has 1 heterocycles. The van der Waals surface area contributed by atoms with Crippen molar-refractivity contribution in [2.24, 2.45) is 11.7 Å². The van der Waals surface area contributed by atoms with Gasteiger partial charge in [0.25, 0.3) is 0 Å². The molecule has 72 valence electrons. The van der Waals surface area contributed by atoms with Crippen LogP contribution in [0.15, 0.2) is 6.07 Å². The van der Waals surface area contributed by atoms with Crippen molar-refractivity contribution in [3.05, 3.63) is 23.3 Å². The number of aromatic nitrogens is 2. The van der Waals surface area contributed by atoms with Crippen LogP contribution in [-0.4, -0.2) is 16.5 Å². The summed E-state index contributed by atoms with van der Waals surface area (Å²) in [6, 6.07) is 1.98. The maximum atomic E-state index is 5.54. The van der Waals surface area contributed by atoms with Gasteiger partial charge in [-0.3, -0.25) is 0 Å². The molecule has 1 aromatic heterocycles. The van der Waals surface area contributed by atoms with Crippen LogP contribution in [0.1, 0.15) is 24.1 Å². The molecule has 0 saturated carbocycles. The van der Waals surface area contributed by atoms with Gasteiger partial charge in [-0.15, -0.1) is 0 Å². The van der Waals surface area contributed by atoms with Gasteiger partial charge in [-0.25, -0.2) is 9.97 Å². The number of hydrogen-bond donors (Lipinski definition) is 1. The van der Waals surface area contributed by atoms with Gasteiger partial charge in [0.05, 0.1) is 0 Å². The predicted molar refractivity (Wildman–Crippen MR) is 53.4 cm³/mol. The minimum atomic E-state index is 0.459. The van der Waals surface area contributed by atoms with E-state index in [1.807, 2.05) is 19.9 Å². The SMILES string of the molecule is Cc1cc(C)nc(CC(C)CN)n1. The third-order valence-electron chi connectivity index (χ3n) is 1.96. The van der Waals surface area contributed by atoms with E-state index in [0.717, 1.165) is 23.6 Å². The lowest BCUT2D eigenvalue weighted by atomic mass is 10.1. The van der Waals surface area contributed by atoms with E-state index in [-0.39, 0.29) is 0 Å². The molecule has 0 spiro atoms.